The van der Waals surface area contributed by atoms with Gasteiger partial charge in [0.05, 0.1) is 13.2 Å². The van der Waals surface area contributed by atoms with Gasteiger partial charge in [-0.1, -0.05) is 6.07 Å². The first kappa shape index (κ1) is 13.4. The maximum Gasteiger partial charge on any atom is 0.165 e. The van der Waals surface area contributed by atoms with Crippen LogP contribution in [0.15, 0.2) is 12.1 Å². The fourth-order valence-electron chi connectivity index (χ4n) is 4.50. The molecule has 1 N–H and O–H groups in total. The van der Waals surface area contributed by atoms with Crippen molar-refractivity contribution in [3.63, 3.8) is 0 Å². The molecular formula is C17H23NO3. The van der Waals surface area contributed by atoms with E-state index < -0.39 is 0 Å². The molecule has 114 valence electrons. The number of ether oxygens (including phenoxy) is 2. The number of methoxy groups -OCH3 is 1. The molecule has 21 heavy (non-hydrogen) atoms. The summed E-state index contributed by atoms with van der Waals surface area (Å²) in [7, 11) is 3.88. The highest BCUT2D eigenvalue weighted by Gasteiger charge is 2.54. The van der Waals surface area contributed by atoms with Gasteiger partial charge in [0, 0.05) is 23.9 Å². The quantitative estimate of drug-likeness (QED) is 0.859. The minimum absolute atomic E-state index is 0.0726. The topological polar surface area (TPSA) is 41.9 Å². The van der Waals surface area contributed by atoms with E-state index >= 15 is 0 Å². The zero-order valence-electron chi connectivity index (χ0n) is 12.8. The number of hydrogen-bond donors (Lipinski definition) is 1. The highest BCUT2D eigenvalue weighted by atomic mass is 16.5. The van der Waals surface area contributed by atoms with Crippen LogP contribution < -0.4 is 9.47 Å². The van der Waals surface area contributed by atoms with E-state index in [0.29, 0.717) is 0 Å². The summed E-state index contributed by atoms with van der Waals surface area (Å²) in [4.78, 5) is 2.39. The summed E-state index contributed by atoms with van der Waals surface area (Å²) in [6, 6.07) is 4.22. The minimum Gasteiger partial charge on any atom is -0.493 e. The van der Waals surface area contributed by atoms with Crippen LogP contribution in [0.25, 0.3) is 0 Å². The Kier molecular flexibility index (Phi) is 2.95. The highest BCUT2D eigenvalue weighted by molar-refractivity contribution is 5.58. The molecule has 1 spiro atoms. The van der Waals surface area contributed by atoms with Crippen LogP contribution in [0.4, 0.5) is 0 Å². The average molecular weight is 289 g/mol. The Morgan fingerprint density at radius 3 is 3.05 bits per heavy atom. The third-order valence-electron chi connectivity index (χ3n) is 5.59. The number of aliphatic hydroxyl groups excluding tert-OH is 1. The van der Waals surface area contributed by atoms with Gasteiger partial charge in [-0.2, -0.15) is 0 Å². The highest BCUT2D eigenvalue weighted by Crippen LogP contribution is 2.57. The molecule has 2 heterocycles. The smallest absolute Gasteiger partial charge is 0.165 e. The molecule has 3 aliphatic rings. The minimum atomic E-state index is -0.231. The molecule has 1 unspecified atom stereocenters. The van der Waals surface area contributed by atoms with E-state index in [1.165, 1.54) is 11.1 Å². The van der Waals surface area contributed by atoms with Crippen LogP contribution in [0.5, 0.6) is 11.5 Å². The van der Waals surface area contributed by atoms with E-state index in [0.717, 1.165) is 50.3 Å². The molecule has 0 amide bonds. The second-order valence-electron chi connectivity index (χ2n) is 6.81. The molecule has 0 aromatic heterocycles. The maximum absolute atomic E-state index is 10.1. The van der Waals surface area contributed by atoms with Crippen molar-refractivity contribution in [2.45, 2.75) is 49.9 Å². The van der Waals surface area contributed by atoms with Crippen LogP contribution in [0.3, 0.4) is 0 Å². The van der Waals surface area contributed by atoms with Crippen molar-refractivity contribution in [2.75, 3.05) is 20.7 Å². The van der Waals surface area contributed by atoms with E-state index in [-0.39, 0.29) is 17.6 Å². The van der Waals surface area contributed by atoms with Crippen molar-refractivity contribution >= 4 is 0 Å². The summed E-state index contributed by atoms with van der Waals surface area (Å²) < 4.78 is 11.8. The lowest BCUT2D eigenvalue weighted by Gasteiger charge is -2.40. The normalized spacial score (nSPS) is 34.6. The van der Waals surface area contributed by atoms with Gasteiger partial charge in [-0.25, -0.2) is 0 Å². The standard InChI is InChI=1S/C17H23NO3/c1-18-8-7-17-6-5-12(19)9-14(17)21-16-13(20-2)4-3-11(10-18)15(16)17/h3-4,12,14,19H,5-10H2,1-2H3/t12-,14?,17-/m0/s1. The van der Waals surface area contributed by atoms with E-state index in [9.17, 15) is 5.11 Å². The first-order valence-electron chi connectivity index (χ1n) is 7.87. The maximum atomic E-state index is 10.1. The molecule has 4 rings (SSSR count). The van der Waals surface area contributed by atoms with Gasteiger partial charge < -0.3 is 19.5 Å². The first-order chi connectivity index (χ1) is 10.1. The van der Waals surface area contributed by atoms with Crippen LogP contribution in [-0.2, 0) is 12.0 Å². The molecular weight excluding hydrogens is 266 g/mol. The molecule has 2 aliphatic heterocycles. The zero-order valence-corrected chi connectivity index (χ0v) is 12.8. The molecule has 1 aromatic carbocycles. The van der Waals surface area contributed by atoms with Gasteiger partial charge in [-0.05, 0) is 44.5 Å². The van der Waals surface area contributed by atoms with E-state index in [1.54, 1.807) is 7.11 Å². The Bertz CT molecular complexity index is 573. The number of aliphatic hydroxyl groups is 1. The zero-order chi connectivity index (χ0) is 14.6. The lowest BCUT2D eigenvalue weighted by Crippen LogP contribution is -2.45. The van der Waals surface area contributed by atoms with E-state index in [1.807, 2.05) is 6.07 Å². The van der Waals surface area contributed by atoms with Gasteiger partial charge in [-0.3, -0.25) is 0 Å². The van der Waals surface area contributed by atoms with Crippen LogP contribution >= 0.6 is 0 Å². The Labute approximate surface area is 125 Å². The van der Waals surface area contributed by atoms with Gasteiger partial charge in [0.2, 0.25) is 0 Å². The van der Waals surface area contributed by atoms with Crippen molar-refractivity contribution in [3.05, 3.63) is 23.3 Å². The summed E-state index contributed by atoms with van der Waals surface area (Å²) in [5, 5.41) is 10.1. The van der Waals surface area contributed by atoms with Crippen LogP contribution in [0, 0.1) is 0 Å². The van der Waals surface area contributed by atoms with Crippen molar-refractivity contribution in [3.8, 4) is 11.5 Å². The second-order valence-corrected chi connectivity index (χ2v) is 6.81. The van der Waals surface area contributed by atoms with Gasteiger partial charge in [0.25, 0.3) is 0 Å². The number of hydrogen-bond acceptors (Lipinski definition) is 4. The van der Waals surface area contributed by atoms with Crippen molar-refractivity contribution in [1.82, 2.24) is 4.90 Å². The SMILES string of the molecule is COc1ccc2c3c1OC1C[C@@H](O)CC[C@@]31CCN(C)C2. The fourth-order valence-corrected chi connectivity index (χ4v) is 4.50. The van der Waals surface area contributed by atoms with Crippen LogP contribution in [0.1, 0.15) is 36.8 Å². The van der Waals surface area contributed by atoms with Gasteiger partial charge in [-0.15, -0.1) is 0 Å². The molecule has 0 radical (unpaired) electrons. The molecule has 1 aliphatic carbocycles. The lowest BCUT2D eigenvalue weighted by atomic mass is 9.65. The predicted octanol–water partition coefficient (Wildman–Crippen LogP) is 2.07. The number of rotatable bonds is 1. The Morgan fingerprint density at radius 2 is 2.24 bits per heavy atom. The summed E-state index contributed by atoms with van der Waals surface area (Å²) >= 11 is 0. The molecule has 3 atom stereocenters. The Morgan fingerprint density at radius 1 is 1.38 bits per heavy atom. The van der Waals surface area contributed by atoms with Crippen molar-refractivity contribution < 1.29 is 14.6 Å². The molecule has 1 fully saturated rings. The molecule has 4 nitrogen and oxygen atoms in total. The van der Waals surface area contributed by atoms with Crippen molar-refractivity contribution in [2.24, 2.45) is 0 Å². The monoisotopic (exact) mass is 289 g/mol. The Hall–Kier alpha value is -1.26. The first-order valence-corrected chi connectivity index (χ1v) is 7.87. The van der Waals surface area contributed by atoms with Gasteiger partial charge in [0.1, 0.15) is 6.10 Å². The predicted molar refractivity (Wildman–Crippen MR) is 79.9 cm³/mol. The third kappa shape index (κ3) is 1.82. The second kappa shape index (κ2) is 4.62. The summed E-state index contributed by atoms with van der Waals surface area (Å²) in [6.45, 7) is 2.04. The summed E-state index contributed by atoms with van der Waals surface area (Å²) in [5.41, 5.74) is 2.80. The fraction of sp³-hybridized carbons (Fsp3) is 0.647. The van der Waals surface area contributed by atoms with E-state index in [2.05, 4.69) is 18.0 Å². The molecule has 4 heteroatoms. The number of benzene rings is 1. The Balaban J connectivity index is 1.90. The average Bonchev–Trinajstić information content (AvgIpc) is 2.72. The van der Waals surface area contributed by atoms with E-state index in [4.69, 9.17) is 9.47 Å². The summed E-state index contributed by atoms with van der Waals surface area (Å²) in [5.74, 6) is 1.77. The largest absolute Gasteiger partial charge is 0.493 e. The molecule has 1 aromatic rings. The summed E-state index contributed by atoms with van der Waals surface area (Å²) in [6.07, 6.45) is 3.59. The van der Waals surface area contributed by atoms with Crippen molar-refractivity contribution in [1.29, 1.82) is 0 Å². The number of nitrogens with zero attached hydrogens (tertiary/aromatic N) is 1. The lowest BCUT2D eigenvalue weighted by molar-refractivity contribution is 0.0120. The molecule has 0 saturated heterocycles. The third-order valence-corrected chi connectivity index (χ3v) is 5.59. The molecule has 0 bridgehead atoms. The van der Waals surface area contributed by atoms with Crippen LogP contribution in [-0.4, -0.2) is 42.9 Å². The van der Waals surface area contributed by atoms with Gasteiger partial charge in [0.15, 0.2) is 11.5 Å². The molecule has 1 saturated carbocycles. The van der Waals surface area contributed by atoms with Crippen LogP contribution in [0.2, 0.25) is 0 Å². The van der Waals surface area contributed by atoms with Gasteiger partial charge >= 0.3 is 0 Å².